The van der Waals surface area contributed by atoms with E-state index >= 15 is 0 Å². The Kier molecular flexibility index (Phi) is 6.08. The van der Waals surface area contributed by atoms with Gasteiger partial charge < -0.3 is 15.2 Å². The number of rotatable bonds is 7. The molecule has 3 aromatic rings. The fourth-order valence-electron chi connectivity index (χ4n) is 3.51. The highest BCUT2D eigenvalue weighted by molar-refractivity contribution is 7.11. The minimum Gasteiger partial charge on any atom is -0.488 e. The number of hydrogen-bond acceptors (Lipinski definition) is 4. The molecule has 0 amide bonds. The summed E-state index contributed by atoms with van der Waals surface area (Å²) in [7, 11) is 0. The van der Waals surface area contributed by atoms with Crippen molar-refractivity contribution in [1.82, 2.24) is 5.32 Å². The first-order chi connectivity index (χ1) is 14.2. The van der Waals surface area contributed by atoms with Gasteiger partial charge in [-0.1, -0.05) is 42.5 Å². The normalized spacial score (nSPS) is 14.0. The molecule has 4 nitrogen and oxygen atoms in total. The molecular formula is C24H23NO3S. The van der Waals surface area contributed by atoms with Gasteiger partial charge in [0.1, 0.15) is 12.4 Å². The Morgan fingerprint density at radius 3 is 2.83 bits per heavy atom. The predicted molar refractivity (Wildman–Crippen MR) is 116 cm³/mol. The van der Waals surface area contributed by atoms with Crippen LogP contribution in [0.5, 0.6) is 5.75 Å². The standard InChI is InChI=1S/C24H23NO3S/c26-23(27)14-18-8-9-22-21(13-18)20(24-19(16-28-22)10-12-29-24)7-4-11-25-15-17-5-2-1-3-6-17/h1-3,5-10,12-13,25H,4,11,14-16H2,(H,26,27)/b20-7+. The van der Waals surface area contributed by atoms with Gasteiger partial charge in [-0.25, -0.2) is 0 Å². The summed E-state index contributed by atoms with van der Waals surface area (Å²) in [5, 5.41) is 14.7. The van der Waals surface area contributed by atoms with Crippen LogP contribution in [0.1, 0.15) is 33.6 Å². The summed E-state index contributed by atoms with van der Waals surface area (Å²) in [5.74, 6) is -0.0158. The number of carboxylic acid groups (broad SMARTS) is 1. The second-order valence-corrected chi connectivity index (χ2v) is 7.95. The molecule has 0 fully saturated rings. The third kappa shape index (κ3) is 4.75. The summed E-state index contributed by atoms with van der Waals surface area (Å²) >= 11 is 1.71. The summed E-state index contributed by atoms with van der Waals surface area (Å²) in [5.41, 5.74) is 5.35. The van der Waals surface area contributed by atoms with E-state index in [0.717, 1.165) is 42.0 Å². The highest BCUT2D eigenvalue weighted by Crippen LogP contribution is 2.40. The molecule has 29 heavy (non-hydrogen) atoms. The van der Waals surface area contributed by atoms with Crippen LogP contribution in [0.4, 0.5) is 0 Å². The Hall–Kier alpha value is -2.89. The Labute approximate surface area is 174 Å². The topological polar surface area (TPSA) is 58.6 Å². The van der Waals surface area contributed by atoms with Crippen LogP contribution in [-0.2, 0) is 24.4 Å². The molecule has 1 aliphatic heterocycles. The Morgan fingerprint density at radius 1 is 1.14 bits per heavy atom. The van der Waals surface area contributed by atoms with Crippen molar-refractivity contribution < 1.29 is 14.6 Å². The Morgan fingerprint density at radius 2 is 2.00 bits per heavy atom. The zero-order valence-corrected chi connectivity index (χ0v) is 16.9. The first-order valence-electron chi connectivity index (χ1n) is 9.70. The second kappa shape index (κ2) is 9.07. The third-order valence-electron chi connectivity index (χ3n) is 4.91. The van der Waals surface area contributed by atoms with Crippen LogP contribution >= 0.6 is 11.3 Å². The lowest BCUT2D eigenvalue weighted by atomic mass is 9.97. The maximum atomic E-state index is 11.2. The monoisotopic (exact) mass is 405 g/mol. The molecule has 0 saturated heterocycles. The number of aliphatic carboxylic acids is 1. The average molecular weight is 406 g/mol. The molecule has 0 atom stereocenters. The fraction of sp³-hybridized carbons (Fsp3) is 0.208. The molecule has 0 unspecified atom stereocenters. The van der Waals surface area contributed by atoms with Crippen molar-refractivity contribution in [2.24, 2.45) is 0 Å². The lowest BCUT2D eigenvalue weighted by Gasteiger charge is -2.11. The van der Waals surface area contributed by atoms with E-state index in [4.69, 9.17) is 9.84 Å². The summed E-state index contributed by atoms with van der Waals surface area (Å²) in [6.45, 7) is 2.24. The summed E-state index contributed by atoms with van der Waals surface area (Å²) in [4.78, 5) is 12.4. The molecule has 4 rings (SSSR count). The molecule has 5 heteroatoms. The molecule has 2 heterocycles. The smallest absolute Gasteiger partial charge is 0.307 e. The van der Waals surface area contributed by atoms with E-state index in [2.05, 4.69) is 47.1 Å². The lowest BCUT2D eigenvalue weighted by molar-refractivity contribution is -0.136. The van der Waals surface area contributed by atoms with E-state index in [9.17, 15) is 4.79 Å². The van der Waals surface area contributed by atoms with Gasteiger partial charge in [0.2, 0.25) is 0 Å². The van der Waals surface area contributed by atoms with E-state index in [1.54, 1.807) is 11.3 Å². The van der Waals surface area contributed by atoms with Gasteiger partial charge in [-0.05, 0) is 53.2 Å². The SMILES string of the molecule is O=C(O)Cc1ccc2c(c1)/C(=C\CCNCc1ccccc1)c1sccc1CO2. The second-order valence-electron chi connectivity index (χ2n) is 7.03. The number of fused-ring (bicyclic) bond motifs is 2. The average Bonchev–Trinajstić information content (AvgIpc) is 3.13. The lowest BCUT2D eigenvalue weighted by Crippen LogP contribution is -2.14. The van der Waals surface area contributed by atoms with Gasteiger partial charge in [-0.3, -0.25) is 4.79 Å². The van der Waals surface area contributed by atoms with Gasteiger partial charge in [-0.15, -0.1) is 11.3 Å². The van der Waals surface area contributed by atoms with Crippen LogP contribution in [0.3, 0.4) is 0 Å². The van der Waals surface area contributed by atoms with E-state index in [1.807, 2.05) is 24.3 Å². The molecular weight excluding hydrogens is 382 g/mol. The number of benzene rings is 2. The van der Waals surface area contributed by atoms with Gasteiger partial charge in [0.25, 0.3) is 0 Å². The number of carboxylic acids is 1. The van der Waals surface area contributed by atoms with Crippen molar-refractivity contribution in [3.8, 4) is 5.75 Å². The molecule has 2 N–H and O–H groups in total. The Balaban J connectivity index is 1.55. The summed E-state index contributed by atoms with van der Waals surface area (Å²) in [6.07, 6.45) is 3.13. The van der Waals surface area contributed by atoms with Gasteiger partial charge >= 0.3 is 5.97 Å². The van der Waals surface area contributed by atoms with Gasteiger partial charge in [0, 0.05) is 22.5 Å². The van der Waals surface area contributed by atoms with Crippen LogP contribution in [0.2, 0.25) is 0 Å². The van der Waals surface area contributed by atoms with Gasteiger partial charge in [0.05, 0.1) is 6.42 Å². The third-order valence-corrected chi connectivity index (χ3v) is 5.90. The van der Waals surface area contributed by atoms with Crippen LogP contribution < -0.4 is 10.1 Å². The van der Waals surface area contributed by atoms with Crippen molar-refractivity contribution in [3.05, 3.63) is 93.2 Å². The zero-order valence-electron chi connectivity index (χ0n) is 16.1. The van der Waals surface area contributed by atoms with Gasteiger partial charge in [0.15, 0.2) is 0 Å². The molecule has 148 valence electrons. The van der Waals surface area contributed by atoms with Crippen molar-refractivity contribution in [2.75, 3.05) is 6.54 Å². The molecule has 1 aromatic heterocycles. The first kappa shape index (κ1) is 19.4. The van der Waals surface area contributed by atoms with Crippen LogP contribution in [-0.4, -0.2) is 17.6 Å². The maximum Gasteiger partial charge on any atom is 0.307 e. The quantitative estimate of drug-likeness (QED) is 0.550. The van der Waals surface area contributed by atoms with Crippen molar-refractivity contribution in [1.29, 1.82) is 0 Å². The molecule has 0 saturated carbocycles. The number of ether oxygens (including phenoxy) is 1. The van der Waals surface area contributed by atoms with Crippen molar-refractivity contribution in [3.63, 3.8) is 0 Å². The molecule has 0 aliphatic carbocycles. The van der Waals surface area contributed by atoms with E-state index < -0.39 is 5.97 Å². The van der Waals surface area contributed by atoms with E-state index in [-0.39, 0.29) is 6.42 Å². The van der Waals surface area contributed by atoms with Crippen LogP contribution in [0, 0.1) is 0 Å². The van der Waals surface area contributed by atoms with E-state index in [0.29, 0.717) is 6.61 Å². The maximum absolute atomic E-state index is 11.2. The molecule has 1 aliphatic rings. The van der Waals surface area contributed by atoms with Crippen LogP contribution in [0.25, 0.3) is 5.57 Å². The number of thiophene rings is 1. The fourth-order valence-corrected chi connectivity index (χ4v) is 4.48. The highest BCUT2D eigenvalue weighted by atomic mass is 32.1. The molecule has 0 bridgehead atoms. The molecule has 0 radical (unpaired) electrons. The highest BCUT2D eigenvalue weighted by Gasteiger charge is 2.21. The predicted octanol–water partition coefficient (Wildman–Crippen LogP) is 4.88. The number of carbonyl (C=O) groups is 1. The minimum atomic E-state index is -0.827. The summed E-state index contributed by atoms with van der Waals surface area (Å²) in [6, 6.07) is 18.2. The summed E-state index contributed by atoms with van der Waals surface area (Å²) < 4.78 is 6.01. The largest absolute Gasteiger partial charge is 0.488 e. The first-order valence-corrected chi connectivity index (χ1v) is 10.6. The number of nitrogens with one attached hydrogen (secondary N) is 1. The zero-order chi connectivity index (χ0) is 20.1. The molecule has 2 aromatic carbocycles. The van der Waals surface area contributed by atoms with E-state index in [1.165, 1.54) is 16.0 Å². The minimum absolute atomic E-state index is 0.0104. The Bertz CT molecular complexity index is 1020. The number of hydrogen-bond donors (Lipinski definition) is 2. The van der Waals surface area contributed by atoms with Crippen molar-refractivity contribution >= 4 is 22.9 Å². The molecule has 0 spiro atoms. The van der Waals surface area contributed by atoms with Crippen LogP contribution in [0.15, 0.2) is 66.1 Å². The van der Waals surface area contributed by atoms with Gasteiger partial charge in [-0.2, -0.15) is 0 Å². The van der Waals surface area contributed by atoms with Crippen molar-refractivity contribution in [2.45, 2.75) is 26.0 Å².